The summed E-state index contributed by atoms with van der Waals surface area (Å²) in [6.45, 7) is 3.40. The van der Waals surface area contributed by atoms with Gasteiger partial charge in [-0.25, -0.2) is 4.79 Å². The summed E-state index contributed by atoms with van der Waals surface area (Å²) in [7, 11) is -1.19. The van der Waals surface area contributed by atoms with E-state index < -0.39 is 28.7 Å². The van der Waals surface area contributed by atoms with Gasteiger partial charge >= 0.3 is 5.97 Å². The molecule has 1 saturated carbocycles. The Morgan fingerprint density at radius 3 is 2.61 bits per heavy atom. The van der Waals surface area contributed by atoms with E-state index in [0.29, 0.717) is 5.92 Å². The molecule has 0 aliphatic heterocycles. The summed E-state index contributed by atoms with van der Waals surface area (Å²) in [5.74, 6) is -0.970. The zero-order chi connectivity index (χ0) is 13.7. The molecule has 0 aromatic rings. The van der Waals surface area contributed by atoms with Crippen molar-refractivity contribution in [3.63, 3.8) is 0 Å². The normalized spacial score (nSPS) is 27.2. The summed E-state index contributed by atoms with van der Waals surface area (Å²) in [6, 6.07) is -1.04. The lowest BCUT2D eigenvalue weighted by atomic mass is 9.91. The number of hydrogen-bond donors (Lipinski definition) is 2. The van der Waals surface area contributed by atoms with Crippen molar-refractivity contribution in [1.29, 1.82) is 0 Å². The van der Waals surface area contributed by atoms with Gasteiger partial charge in [0, 0.05) is 23.0 Å². The molecule has 5 nitrogen and oxygen atoms in total. The van der Waals surface area contributed by atoms with Crippen molar-refractivity contribution >= 4 is 22.7 Å². The summed E-state index contributed by atoms with van der Waals surface area (Å²) in [5, 5.41) is 11.4. The van der Waals surface area contributed by atoms with E-state index in [0.717, 1.165) is 25.7 Å². The van der Waals surface area contributed by atoms with Crippen LogP contribution in [0, 0.1) is 5.92 Å². The Labute approximate surface area is 110 Å². The van der Waals surface area contributed by atoms with Gasteiger partial charge in [0.1, 0.15) is 6.04 Å². The highest BCUT2D eigenvalue weighted by atomic mass is 32.2. The molecular formula is C12H21NO4S. The maximum Gasteiger partial charge on any atom is 0.327 e. The molecule has 1 fully saturated rings. The van der Waals surface area contributed by atoms with Gasteiger partial charge in [-0.1, -0.05) is 19.8 Å². The van der Waals surface area contributed by atoms with E-state index in [-0.39, 0.29) is 11.0 Å². The molecule has 104 valence electrons. The van der Waals surface area contributed by atoms with Crippen LogP contribution < -0.4 is 5.32 Å². The standard InChI is InChI=1S/C12H21NO4S/c1-8-4-3-5-10(6-8)18(17)7-11(12(15)16)13-9(2)14/h8,10-11H,3-7H2,1-2H3,(H,13,14)(H,15,16)/t8?,10?,11-,18?/m0/s1. The Bertz CT molecular complexity index is 345. The van der Waals surface area contributed by atoms with Crippen LogP contribution in [0.5, 0.6) is 0 Å². The summed E-state index contributed by atoms with van der Waals surface area (Å²) in [4.78, 5) is 21.9. The van der Waals surface area contributed by atoms with E-state index in [2.05, 4.69) is 12.2 Å². The van der Waals surface area contributed by atoms with Gasteiger partial charge in [-0.2, -0.15) is 0 Å². The number of nitrogens with one attached hydrogen (secondary N) is 1. The summed E-state index contributed by atoms with van der Waals surface area (Å²) in [6.07, 6.45) is 3.99. The third-order valence-corrected chi connectivity index (χ3v) is 5.10. The Hall–Kier alpha value is -0.910. The van der Waals surface area contributed by atoms with Crippen molar-refractivity contribution in [2.45, 2.75) is 50.8 Å². The van der Waals surface area contributed by atoms with E-state index in [9.17, 15) is 13.8 Å². The molecule has 0 aromatic carbocycles. The Balaban J connectivity index is 2.54. The van der Waals surface area contributed by atoms with Crippen molar-refractivity contribution in [1.82, 2.24) is 5.32 Å². The number of amides is 1. The molecule has 3 unspecified atom stereocenters. The van der Waals surface area contributed by atoms with Crippen LogP contribution in [-0.4, -0.2) is 38.2 Å². The number of carboxylic acids is 1. The zero-order valence-corrected chi connectivity index (χ0v) is 11.7. The minimum atomic E-state index is -1.19. The van der Waals surface area contributed by atoms with Crippen molar-refractivity contribution in [3.05, 3.63) is 0 Å². The lowest BCUT2D eigenvalue weighted by Gasteiger charge is -2.27. The first-order chi connectivity index (χ1) is 8.40. The molecule has 18 heavy (non-hydrogen) atoms. The van der Waals surface area contributed by atoms with E-state index in [1.807, 2.05) is 0 Å². The molecule has 1 aliphatic rings. The number of rotatable bonds is 5. The molecule has 0 bridgehead atoms. The van der Waals surface area contributed by atoms with Crippen LogP contribution in [0.1, 0.15) is 39.5 Å². The SMILES string of the molecule is CC(=O)N[C@@H](CS(=O)C1CCCC(C)C1)C(=O)O. The van der Waals surface area contributed by atoms with Gasteiger partial charge in [-0.3, -0.25) is 9.00 Å². The van der Waals surface area contributed by atoms with Gasteiger partial charge < -0.3 is 10.4 Å². The Kier molecular flexibility index (Phi) is 5.78. The van der Waals surface area contributed by atoms with Crippen LogP contribution in [0.3, 0.4) is 0 Å². The lowest BCUT2D eigenvalue weighted by molar-refractivity contribution is -0.140. The maximum atomic E-state index is 12.1. The minimum Gasteiger partial charge on any atom is -0.480 e. The minimum absolute atomic E-state index is 0.00625. The average molecular weight is 275 g/mol. The first-order valence-electron chi connectivity index (χ1n) is 6.27. The first-order valence-corrected chi connectivity index (χ1v) is 7.65. The molecule has 4 atom stereocenters. The maximum absolute atomic E-state index is 12.1. The molecular weight excluding hydrogens is 254 g/mol. The third-order valence-electron chi connectivity index (χ3n) is 3.27. The molecule has 0 saturated heterocycles. The monoisotopic (exact) mass is 275 g/mol. The molecule has 0 aromatic heterocycles. The van der Waals surface area contributed by atoms with Gasteiger partial charge in [-0.15, -0.1) is 0 Å². The number of hydrogen-bond acceptors (Lipinski definition) is 3. The van der Waals surface area contributed by atoms with E-state index in [1.165, 1.54) is 6.92 Å². The first kappa shape index (κ1) is 15.1. The van der Waals surface area contributed by atoms with Crippen molar-refractivity contribution in [3.8, 4) is 0 Å². The fourth-order valence-electron chi connectivity index (χ4n) is 2.34. The van der Waals surface area contributed by atoms with Crippen LogP contribution in [-0.2, 0) is 20.4 Å². The van der Waals surface area contributed by atoms with E-state index >= 15 is 0 Å². The highest BCUT2D eigenvalue weighted by Crippen LogP contribution is 2.27. The van der Waals surface area contributed by atoms with Gasteiger partial charge in [0.15, 0.2) is 0 Å². The number of carbonyl (C=O) groups excluding carboxylic acids is 1. The second-order valence-corrected chi connectivity index (χ2v) is 6.79. The second kappa shape index (κ2) is 6.87. The summed E-state index contributed by atoms with van der Waals surface area (Å²) in [5.41, 5.74) is 0. The van der Waals surface area contributed by atoms with Crippen LogP contribution >= 0.6 is 0 Å². The largest absolute Gasteiger partial charge is 0.480 e. The van der Waals surface area contributed by atoms with Crippen molar-refractivity contribution < 1.29 is 18.9 Å². The van der Waals surface area contributed by atoms with Gasteiger partial charge in [0.05, 0.1) is 5.75 Å². The molecule has 6 heteroatoms. The van der Waals surface area contributed by atoms with Gasteiger partial charge in [0.25, 0.3) is 0 Å². The average Bonchev–Trinajstić information content (AvgIpc) is 2.27. The predicted molar refractivity (Wildman–Crippen MR) is 69.7 cm³/mol. The summed E-state index contributed by atoms with van der Waals surface area (Å²) >= 11 is 0. The fraction of sp³-hybridized carbons (Fsp3) is 0.833. The van der Waals surface area contributed by atoms with Crippen molar-refractivity contribution in [2.24, 2.45) is 5.92 Å². The predicted octanol–water partition coefficient (Wildman–Crippen LogP) is 0.903. The zero-order valence-electron chi connectivity index (χ0n) is 10.8. The molecule has 1 rings (SSSR count). The Morgan fingerprint density at radius 1 is 1.44 bits per heavy atom. The smallest absolute Gasteiger partial charge is 0.327 e. The fourth-order valence-corrected chi connectivity index (χ4v) is 4.14. The number of carbonyl (C=O) groups is 2. The number of aliphatic carboxylic acids is 1. The Morgan fingerprint density at radius 2 is 2.11 bits per heavy atom. The summed E-state index contributed by atoms with van der Waals surface area (Å²) < 4.78 is 12.1. The van der Waals surface area contributed by atoms with Crippen molar-refractivity contribution in [2.75, 3.05) is 5.75 Å². The van der Waals surface area contributed by atoms with Crippen LogP contribution in [0.2, 0.25) is 0 Å². The second-order valence-electron chi connectivity index (χ2n) is 5.03. The number of carboxylic acid groups (broad SMARTS) is 1. The molecule has 0 radical (unpaired) electrons. The molecule has 2 N–H and O–H groups in total. The molecule has 1 amide bonds. The lowest BCUT2D eigenvalue weighted by Crippen LogP contribution is -2.45. The van der Waals surface area contributed by atoms with E-state index in [1.54, 1.807) is 0 Å². The van der Waals surface area contributed by atoms with Gasteiger partial charge in [-0.05, 0) is 18.8 Å². The highest BCUT2D eigenvalue weighted by Gasteiger charge is 2.28. The highest BCUT2D eigenvalue weighted by molar-refractivity contribution is 7.85. The molecule has 0 spiro atoms. The van der Waals surface area contributed by atoms with Crippen LogP contribution in [0.4, 0.5) is 0 Å². The molecule has 0 heterocycles. The molecule has 1 aliphatic carbocycles. The quantitative estimate of drug-likeness (QED) is 0.781. The third kappa shape index (κ3) is 4.76. The van der Waals surface area contributed by atoms with Gasteiger partial charge in [0.2, 0.25) is 5.91 Å². The van der Waals surface area contributed by atoms with Crippen LogP contribution in [0.15, 0.2) is 0 Å². The topological polar surface area (TPSA) is 83.5 Å². The van der Waals surface area contributed by atoms with Crippen LogP contribution in [0.25, 0.3) is 0 Å². The van der Waals surface area contributed by atoms with E-state index in [4.69, 9.17) is 5.11 Å².